The lowest BCUT2D eigenvalue weighted by molar-refractivity contribution is -0.116. The Bertz CT molecular complexity index is 695. The van der Waals surface area contributed by atoms with Gasteiger partial charge in [-0.15, -0.1) is 0 Å². The van der Waals surface area contributed by atoms with Crippen LogP contribution in [-0.2, 0) is 4.79 Å². The van der Waals surface area contributed by atoms with Gasteiger partial charge in [0.2, 0.25) is 5.91 Å². The standard InChI is InChI=1S/C23H31NO3/c1-4-5-16-27-22-10-7-6-9-21(22)24-23(25)11-8-17-26-20-14-12-19(13-15-20)18(2)3/h6-7,9-10,12-15,18H,4-5,8,11,16-17H2,1-3H3,(H,24,25). The molecule has 0 saturated carbocycles. The quantitative estimate of drug-likeness (QED) is 0.510. The molecule has 4 nitrogen and oxygen atoms in total. The van der Waals surface area contributed by atoms with Gasteiger partial charge in [-0.3, -0.25) is 4.79 Å². The summed E-state index contributed by atoms with van der Waals surface area (Å²) in [6.45, 7) is 7.64. The van der Waals surface area contributed by atoms with Gasteiger partial charge < -0.3 is 14.8 Å². The number of amides is 1. The van der Waals surface area contributed by atoms with Crippen LogP contribution in [0.25, 0.3) is 0 Å². The number of carbonyl (C=O) groups excluding carboxylic acids is 1. The van der Waals surface area contributed by atoms with Gasteiger partial charge in [0, 0.05) is 6.42 Å². The van der Waals surface area contributed by atoms with Crippen molar-refractivity contribution in [1.82, 2.24) is 0 Å². The number of benzene rings is 2. The second-order valence-corrected chi connectivity index (χ2v) is 6.92. The van der Waals surface area contributed by atoms with Gasteiger partial charge in [0.05, 0.1) is 18.9 Å². The first-order chi connectivity index (χ1) is 13.1. The Kier molecular flexibility index (Phi) is 8.69. The van der Waals surface area contributed by atoms with E-state index in [1.807, 2.05) is 36.4 Å². The van der Waals surface area contributed by atoms with Gasteiger partial charge in [-0.05, 0) is 48.6 Å². The van der Waals surface area contributed by atoms with E-state index in [1.54, 1.807) is 0 Å². The van der Waals surface area contributed by atoms with Gasteiger partial charge in [-0.25, -0.2) is 0 Å². The molecule has 2 rings (SSSR count). The summed E-state index contributed by atoms with van der Waals surface area (Å²) in [7, 11) is 0. The molecule has 27 heavy (non-hydrogen) atoms. The summed E-state index contributed by atoms with van der Waals surface area (Å²) >= 11 is 0. The highest BCUT2D eigenvalue weighted by atomic mass is 16.5. The molecule has 0 aliphatic carbocycles. The van der Waals surface area contributed by atoms with Crippen LogP contribution in [0.4, 0.5) is 5.69 Å². The third kappa shape index (κ3) is 7.33. The highest BCUT2D eigenvalue weighted by molar-refractivity contribution is 5.92. The van der Waals surface area contributed by atoms with E-state index in [0.29, 0.717) is 32.0 Å². The van der Waals surface area contributed by atoms with Gasteiger partial charge >= 0.3 is 0 Å². The number of rotatable bonds is 11. The molecule has 0 aromatic heterocycles. The molecular weight excluding hydrogens is 338 g/mol. The van der Waals surface area contributed by atoms with E-state index in [-0.39, 0.29) is 5.91 Å². The molecule has 0 spiro atoms. The minimum Gasteiger partial charge on any atom is -0.494 e. The molecule has 0 saturated heterocycles. The van der Waals surface area contributed by atoms with Crippen molar-refractivity contribution < 1.29 is 14.3 Å². The predicted octanol–water partition coefficient (Wildman–Crippen LogP) is 5.79. The average Bonchev–Trinajstić information content (AvgIpc) is 2.67. The van der Waals surface area contributed by atoms with Gasteiger partial charge in [-0.2, -0.15) is 0 Å². The zero-order chi connectivity index (χ0) is 19.5. The summed E-state index contributed by atoms with van der Waals surface area (Å²) in [4.78, 5) is 12.2. The number of hydrogen-bond donors (Lipinski definition) is 1. The Morgan fingerprint density at radius 1 is 0.963 bits per heavy atom. The van der Waals surface area contributed by atoms with Crippen molar-refractivity contribution in [2.24, 2.45) is 0 Å². The SMILES string of the molecule is CCCCOc1ccccc1NC(=O)CCCOc1ccc(C(C)C)cc1. The molecule has 0 heterocycles. The van der Waals surface area contributed by atoms with Crippen molar-refractivity contribution in [3.63, 3.8) is 0 Å². The molecule has 2 aromatic carbocycles. The second-order valence-electron chi connectivity index (χ2n) is 6.92. The van der Waals surface area contributed by atoms with Gasteiger partial charge in [-0.1, -0.05) is 51.5 Å². The van der Waals surface area contributed by atoms with E-state index in [2.05, 4.69) is 38.2 Å². The summed E-state index contributed by atoms with van der Waals surface area (Å²) in [5.41, 5.74) is 2.02. The van der Waals surface area contributed by atoms with Crippen molar-refractivity contribution in [2.45, 2.75) is 52.4 Å². The van der Waals surface area contributed by atoms with E-state index in [4.69, 9.17) is 9.47 Å². The lowest BCUT2D eigenvalue weighted by atomic mass is 10.0. The van der Waals surface area contributed by atoms with Crippen LogP contribution in [0.2, 0.25) is 0 Å². The zero-order valence-corrected chi connectivity index (χ0v) is 16.7. The third-order valence-corrected chi connectivity index (χ3v) is 4.28. The smallest absolute Gasteiger partial charge is 0.224 e. The second kappa shape index (κ2) is 11.3. The Hall–Kier alpha value is -2.49. The highest BCUT2D eigenvalue weighted by Gasteiger charge is 2.08. The number of carbonyl (C=O) groups is 1. The maximum Gasteiger partial charge on any atom is 0.224 e. The number of nitrogens with one attached hydrogen (secondary N) is 1. The van der Waals surface area contributed by atoms with Crippen molar-refractivity contribution in [2.75, 3.05) is 18.5 Å². The van der Waals surface area contributed by atoms with Crippen LogP contribution in [0.15, 0.2) is 48.5 Å². The molecule has 0 radical (unpaired) electrons. The van der Waals surface area contributed by atoms with Crippen molar-refractivity contribution in [3.8, 4) is 11.5 Å². The summed E-state index contributed by atoms with van der Waals surface area (Å²) in [6, 6.07) is 15.7. The lowest BCUT2D eigenvalue weighted by Gasteiger charge is -2.12. The average molecular weight is 370 g/mol. The van der Waals surface area contributed by atoms with E-state index in [0.717, 1.165) is 30.0 Å². The van der Waals surface area contributed by atoms with E-state index in [1.165, 1.54) is 5.56 Å². The van der Waals surface area contributed by atoms with Crippen LogP contribution < -0.4 is 14.8 Å². The van der Waals surface area contributed by atoms with E-state index in [9.17, 15) is 4.79 Å². The monoisotopic (exact) mass is 369 g/mol. The lowest BCUT2D eigenvalue weighted by Crippen LogP contribution is -2.14. The fourth-order valence-electron chi connectivity index (χ4n) is 2.61. The van der Waals surface area contributed by atoms with E-state index < -0.39 is 0 Å². The fraction of sp³-hybridized carbons (Fsp3) is 0.435. The fourth-order valence-corrected chi connectivity index (χ4v) is 2.61. The number of hydrogen-bond acceptors (Lipinski definition) is 3. The maximum atomic E-state index is 12.2. The van der Waals surface area contributed by atoms with Crippen LogP contribution in [0.5, 0.6) is 11.5 Å². The zero-order valence-electron chi connectivity index (χ0n) is 16.7. The molecule has 1 amide bonds. The normalized spacial score (nSPS) is 10.7. The molecule has 0 unspecified atom stereocenters. The first-order valence-electron chi connectivity index (χ1n) is 9.84. The Morgan fingerprint density at radius 2 is 1.67 bits per heavy atom. The topological polar surface area (TPSA) is 47.6 Å². The number of unbranched alkanes of at least 4 members (excludes halogenated alkanes) is 1. The first kappa shape index (κ1) is 20.8. The number of anilines is 1. The van der Waals surface area contributed by atoms with Crippen LogP contribution in [0, 0.1) is 0 Å². The molecule has 0 fully saturated rings. The molecule has 2 aromatic rings. The van der Waals surface area contributed by atoms with Crippen LogP contribution in [0.1, 0.15) is 57.9 Å². The molecule has 146 valence electrons. The summed E-state index contributed by atoms with van der Waals surface area (Å²) in [6.07, 6.45) is 3.15. The third-order valence-electron chi connectivity index (χ3n) is 4.28. The summed E-state index contributed by atoms with van der Waals surface area (Å²) in [5.74, 6) is 2.05. The van der Waals surface area contributed by atoms with Crippen molar-refractivity contribution in [1.29, 1.82) is 0 Å². The predicted molar refractivity (Wildman–Crippen MR) is 111 cm³/mol. The minimum absolute atomic E-state index is 0.0275. The number of para-hydroxylation sites is 2. The maximum absolute atomic E-state index is 12.2. The molecule has 0 atom stereocenters. The molecular formula is C23H31NO3. The Morgan fingerprint density at radius 3 is 2.37 bits per heavy atom. The Labute approximate surface area is 162 Å². The van der Waals surface area contributed by atoms with Crippen molar-refractivity contribution in [3.05, 3.63) is 54.1 Å². The van der Waals surface area contributed by atoms with E-state index >= 15 is 0 Å². The molecule has 0 bridgehead atoms. The van der Waals surface area contributed by atoms with Gasteiger partial charge in [0.25, 0.3) is 0 Å². The summed E-state index contributed by atoms with van der Waals surface area (Å²) < 4.78 is 11.5. The minimum atomic E-state index is -0.0275. The highest BCUT2D eigenvalue weighted by Crippen LogP contribution is 2.24. The molecule has 1 N–H and O–H groups in total. The molecule has 0 aliphatic heterocycles. The molecule has 4 heteroatoms. The molecule has 0 aliphatic rings. The number of ether oxygens (including phenoxy) is 2. The Balaban J connectivity index is 1.73. The van der Waals surface area contributed by atoms with Crippen molar-refractivity contribution >= 4 is 11.6 Å². The van der Waals surface area contributed by atoms with Crippen LogP contribution in [0.3, 0.4) is 0 Å². The van der Waals surface area contributed by atoms with Crippen LogP contribution >= 0.6 is 0 Å². The largest absolute Gasteiger partial charge is 0.494 e. The van der Waals surface area contributed by atoms with Gasteiger partial charge in [0.15, 0.2) is 0 Å². The summed E-state index contributed by atoms with van der Waals surface area (Å²) in [5, 5.41) is 2.94. The van der Waals surface area contributed by atoms with Gasteiger partial charge in [0.1, 0.15) is 11.5 Å². The first-order valence-corrected chi connectivity index (χ1v) is 9.84. The van der Waals surface area contributed by atoms with Crippen LogP contribution in [-0.4, -0.2) is 19.1 Å².